The maximum Gasteiger partial charge on any atom is 0.309 e. The van der Waals surface area contributed by atoms with E-state index in [-0.39, 0.29) is 29.9 Å². The Bertz CT molecular complexity index is 307. The van der Waals surface area contributed by atoms with Crippen molar-refractivity contribution in [2.24, 2.45) is 5.92 Å². The van der Waals surface area contributed by atoms with Gasteiger partial charge in [0.1, 0.15) is 0 Å². The van der Waals surface area contributed by atoms with Gasteiger partial charge in [-0.1, -0.05) is 13.3 Å². The number of esters is 1. The predicted molar refractivity (Wildman–Crippen MR) is 69.1 cm³/mol. The van der Waals surface area contributed by atoms with Gasteiger partial charge in [0, 0.05) is 13.1 Å². The lowest BCUT2D eigenvalue weighted by Gasteiger charge is -2.40. The van der Waals surface area contributed by atoms with Gasteiger partial charge in [0.2, 0.25) is 5.91 Å². The van der Waals surface area contributed by atoms with Crippen molar-refractivity contribution in [3.05, 3.63) is 0 Å². The molecule has 0 aromatic rings. The molecule has 0 bridgehead atoms. The topological polar surface area (TPSA) is 58.6 Å². The number of nitrogens with zero attached hydrogens (tertiary/aromatic N) is 1. The van der Waals surface area contributed by atoms with Gasteiger partial charge in [-0.3, -0.25) is 14.5 Å². The zero-order chi connectivity index (χ0) is 13.7. The normalized spacial score (nSPS) is 24.1. The summed E-state index contributed by atoms with van der Waals surface area (Å²) in [7, 11) is 3.06. The molecule has 3 unspecified atom stereocenters. The lowest BCUT2D eigenvalue weighted by Crippen LogP contribution is -2.54. The van der Waals surface area contributed by atoms with E-state index < -0.39 is 0 Å². The number of carbonyl (C=O) groups is 2. The zero-order valence-corrected chi connectivity index (χ0v) is 11.7. The second-order valence-electron chi connectivity index (χ2n) is 4.92. The van der Waals surface area contributed by atoms with E-state index in [1.54, 1.807) is 7.05 Å². The number of rotatable bonds is 4. The molecule has 1 rings (SSSR count). The van der Waals surface area contributed by atoms with Crippen LogP contribution in [0.2, 0.25) is 0 Å². The summed E-state index contributed by atoms with van der Waals surface area (Å²) in [6.45, 7) is 4.70. The summed E-state index contributed by atoms with van der Waals surface area (Å²) in [6, 6.07) is -0.106. The molecular formula is C13H24N2O3. The first-order valence-electron chi connectivity index (χ1n) is 6.58. The molecule has 1 saturated heterocycles. The lowest BCUT2D eigenvalue weighted by atomic mass is 9.94. The first-order valence-corrected chi connectivity index (χ1v) is 6.58. The fraction of sp³-hybridized carbons (Fsp3) is 0.846. The van der Waals surface area contributed by atoms with Gasteiger partial charge in [0.05, 0.1) is 19.1 Å². The standard InChI is InChI=1S/C13H24N2O3/c1-9(13(17)18-4)10(2)15-8-6-5-7-11(15)12(16)14-3/h9-11H,5-8H2,1-4H3,(H,14,16). The Balaban J connectivity index is 2.76. The third-order valence-electron chi connectivity index (χ3n) is 3.91. The highest BCUT2D eigenvalue weighted by atomic mass is 16.5. The molecule has 1 heterocycles. The molecule has 1 aliphatic rings. The van der Waals surface area contributed by atoms with Crippen molar-refractivity contribution in [2.45, 2.75) is 45.2 Å². The number of amides is 1. The Morgan fingerprint density at radius 1 is 1.33 bits per heavy atom. The Morgan fingerprint density at radius 3 is 2.56 bits per heavy atom. The number of likely N-dealkylation sites (N-methyl/N-ethyl adjacent to an activating group) is 1. The van der Waals surface area contributed by atoms with E-state index in [1.807, 2.05) is 13.8 Å². The third kappa shape index (κ3) is 3.22. The second kappa shape index (κ2) is 6.73. The minimum atomic E-state index is -0.222. The smallest absolute Gasteiger partial charge is 0.309 e. The van der Waals surface area contributed by atoms with E-state index in [2.05, 4.69) is 10.2 Å². The van der Waals surface area contributed by atoms with Crippen LogP contribution in [0.25, 0.3) is 0 Å². The monoisotopic (exact) mass is 256 g/mol. The molecule has 0 saturated carbocycles. The third-order valence-corrected chi connectivity index (χ3v) is 3.91. The average Bonchev–Trinajstić information content (AvgIpc) is 2.43. The first-order chi connectivity index (χ1) is 8.52. The fourth-order valence-electron chi connectivity index (χ4n) is 2.56. The van der Waals surface area contributed by atoms with Gasteiger partial charge in [-0.25, -0.2) is 0 Å². The molecule has 1 amide bonds. The fourth-order valence-corrected chi connectivity index (χ4v) is 2.56. The second-order valence-corrected chi connectivity index (χ2v) is 4.92. The quantitative estimate of drug-likeness (QED) is 0.755. The van der Waals surface area contributed by atoms with Crippen LogP contribution in [0, 0.1) is 5.92 Å². The molecule has 0 spiro atoms. The molecule has 18 heavy (non-hydrogen) atoms. The van der Waals surface area contributed by atoms with Crippen molar-refractivity contribution in [1.82, 2.24) is 10.2 Å². The summed E-state index contributed by atoms with van der Waals surface area (Å²) >= 11 is 0. The van der Waals surface area contributed by atoms with E-state index in [0.717, 1.165) is 25.8 Å². The van der Waals surface area contributed by atoms with Crippen LogP contribution in [-0.4, -0.2) is 49.6 Å². The van der Waals surface area contributed by atoms with Crippen molar-refractivity contribution in [1.29, 1.82) is 0 Å². The molecule has 0 radical (unpaired) electrons. The SMILES string of the molecule is CNC(=O)C1CCCCN1C(C)C(C)C(=O)OC. The van der Waals surface area contributed by atoms with E-state index >= 15 is 0 Å². The van der Waals surface area contributed by atoms with Gasteiger partial charge < -0.3 is 10.1 Å². The minimum Gasteiger partial charge on any atom is -0.469 e. The molecule has 1 N–H and O–H groups in total. The van der Waals surface area contributed by atoms with Gasteiger partial charge >= 0.3 is 5.97 Å². The van der Waals surface area contributed by atoms with Crippen LogP contribution in [0.15, 0.2) is 0 Å². The van der Waals surface area contributed by atoms with E-state index in [9.17, 15) is 9.59 Å². The molecule has 1 fully saturated rings. The van der Waals surface area contributed by atoms with Crippen molar-refractivity contribution < 1.29 is 14.3 Å². The first kappa shape index (κ1) is 15.0. The number of piperidine rings is 1. The number of methoxy groups -OCH3 is 1. The Kier molecular flexibility index (Phi) is 5.59. The number of carbonyl (C=O) groups excluding carboxylic acids is 2. The minimum absolute atomic E-state index is 0.0139. The highest BCUT2D eigenvalue weighted by Crippen LogP contribution is 2.23. The maximum atomic E-state index is 11.9. The largest absolute Gasteiger partial charge is 0.469 e. The van der Waals surface area contributed by atoms with Crippen molar-refractivity contribution in [2.75, 3.05) is 20.7 Å². The van der Waals surface area contributed by atoms with Crippen LogP contribution < -0.4 is 5.32 Å². The summed E-state index contributed by atoms with van der Waals surface area (Å²) in [5.41, 5.74) is 0. The van der Waals surface area contributed by atoms with Gasteiger partial charge in [0.15, 0.2) is 0 Å². The highest BCUT2D eigenvalue weighted by Gasteiger charge is 2.35. The molecule has 1 aliphatic heterocycles. The van der Waals surface area contributed by atoms with Crippen LogP contribution in [0.4, 0.5) is 0 Å². The van der Waals surface area contributed by atoms with Crippen LogP contribution in [0.5, 0.6) is 0 Å². The van der Waals surface area contributed by atoms with Crippen LogP contribution in [-0.2, 0) is 14.3 Å². The van der Waals surface area contributed by atoms with Gasteiger partial charge in [0.25, 0.3) is 0 Å². The predicted octanol–water partition coefficient (Wildman–Crippen LogP) is 0.784. The number of hydrogen-bond acceptors (Lipinski definition) is 4. The van der Waals surface area contributed by atoms with E-state index in [1.165, 1.54) is 7.11 Å². The van der Waals surface area contributed by atoms with Crippen LogP contribution >= 0.6 is 0 Å². The summed E-state index contributed by atoms with van der Waals surface area (Å²) < 4.78 is 4.78. The molecule has 5 nitrogen and oxygen atoms in total. The number of nitrogens with one attached hydrogen (secondary N) is 1. The zero-order valence-electron chi connectivity index (χ0n) is 11.7. The Hall–Kier alpha value is -1.10. The lowest BCUT2D eigenvalue weighted by molar-refractivity contribution is -0.148. The van der Waals surface area contributed by atoms with Crippen LogP contribution in [0.3, 0.4) is 0 Å². The summed E-state index contributed by atoms with van der Waals surface area (Å²) in [4.78, 5) is 25.6. The Morgan fingerprint density at radius 2 is 2.00 bits per heavy atom. The average molecular weight is 256 g/mol. The molecule has 104 valence electrons. The van der Waals surface area contributed by atoms with E-state index in [0.29, 0.717) is 0 Å². The van der Waals surface area contributed by atoms with Crippen LogP contribution in [0.1, 0.15) is 33.1 Å². The van der Waals surface area contributed by atoms with Crippen molar-refractivity contribution in [3.63, 3.8) is 0 Å². The number of hydrogen-bond donors (Lipinski definition) is 1. The molecule has 3 atom stereocenters. The summed E-state index contributed by atoms with van der Waals surface area (Å²) in [5.74, 6) is -0.400. The highest BCUT2D eigenvalue weighted by molar-refractivity contribution is 5.81. The number of likely N-dealkylation sites (tertiary alicyclic amines) is 1. The molecule has 5 heteroatoms. The molecule has 0 aliphatic carbocycles. The molecular weight excluding hydrogens is 232 g/mol. The maximum absolute atomic E-state index is 11.9. The molecule has 0 aromatic carbocycles. The van der Waals surface area contributed by atoms with Gasteiger partial charge in [-0.2, -0.15) is 0 Å². The summed E-state index contributed by atoms with van der Waals surface area (Å²) in [6.07, 6.45) is 3.00. The van der Waals surface area contributed by atoms with Gasteiger partial charge in [-0.05, 0) is 26.3 Å². The van der Waals surface area contributed by atoms with Crippen molar-refractivity contribution in [3.8, 4) is 0 Å². The summed E-state index contributed by atoms with van der Waals surface area (Å²) in [5, 5.41) is 2.70. The Labute approximate surface area is 109 Å². The van der Waals surface area contributed by atoms with Gasteiger partial charge in [-0.15, -0.1) is 0 Å². The van der Waals surface area contributed by atoms with Crippen molar-refractivity contribution >= 4 is 11.9 Å². The van der Waals surface area contributed by atoms with E-state index in [4.69, 9.17) is 4.74 Å². The molecule has 0 aromatic heterocycles. The number of ether oxygens (including phenoxy) is 1.